The van der Waals surface area contributed by atoms with Crippen LogP contribution < -0.4 is 14.4 Å². The van der Waals surface area contributed by atoms with Crippen LogP contribution in [-0.4, -0.2) is 41.6 Å². The van der Waals surface area contributed by atoms with Gasteiger partial charge in [-0.25, -0.2) is 9.97 Å². The van der Waals surface area contributed by atoms with Crippen molar-refractivity contribution in [1.29, 1.82) is 0 Å². The van der Waals surface area contributed by atoms with Gasteiger partial charge >= 0.3 is 0 Å². The van der Waals surface area contributed by atoms with Crippen LogP contribution in [0.25, 0.3) is 0 Å². The van der Waals surface area contributed by atoms with Crippen LogP contribution in [0.1, 0.15) is 38.7 Å². The van der Waals surface area contributed by atoms with Crippen molar-refractivity contribution in [2.45, 2.75) is 39.2 Å². The number of anilines is 1. The Bertz CT molecular complexity index is 742. The van der Waals surface area contributed by atoms with Crippen molar-refractivity contribution in [3.8, 4) is 11.6 Å². The van der Waals surface area contributed by atoms with Gasteiger partial charge in [-0.3, -0.25) is 0 Å². The Kier molecular flexibility index (Phi) is 5.71. The average Bonchev–Trinajstić information content (AvgIpc) is 2.58. The number of Topliss-reactive ketones (excluding diaryl/α,β-unsaturated/α-hetero) is 1. The minimum Gasteiger partial charge on any atom is -0.487 e. The number of benzene rings is 1. The summed E-state index contributed by atoms with van der Waals surface area (Å²) in [5.74, 6) is 2.75. The minimum atomic E-state index is 0.140. The second kappa shape index (κ2) is 8.17. The van der Waals surface area contributed by atoms with Gasteiger partial charge in [-0.05, 0) is 37.5 Å². The molecule has 0 aliphatic carbocycles. The van der Waals surface area contributed by atoms with Gasteiger partial charge in [0.05, 0.1) is 19.7 Å². The summed E-state index contributed by atoms with van der Waals surface area (Å²) in [7, 11) is 0. The molecule has 3 rings (SSSR count). The second-order valence-electron chi connectivity index (χ2n) is 6.67. The van der Waals surface area contributed by atoms with Gasteiger partial charge in [0, 0.05) is 12.5 Å². The number of rotatable bonds is 8. The molecule has 1 aliphatic rings. The van der Waals surface area contributed by atoms with Crippen LogP contribution >= 0.6 is 0 Å². The first-order valence-corrected chi connectivity index (χ1v) is 9.01. The van der Waals surface area contributed by atoms with Crippen molar-refractivity contribution in [2.24, 2.45) is 0 Å². The van der Waals surface area contributed by atoms with Crippen LogP contribution in [0.15, 0.2) is 36.7 Å². The van der Waals surface area contributed by atoms with E-state index in [1.807, 2.05) is 37.3 Å². The van der Waals surface area contributed by atoms with Gasteiger partial charge in [-0.1, -0.05) is 19.1 Å². The number of ether oxygens (including phenoxy) is 2. The van der Waals surface area contributed by atoms with Gasteiger partial charge in [0.15, 0.2) is 0 Å². The van der Waals surface area contributed by atoms with Crippen molar-refractivity contribution in [3.63, 3.8) is 0 Å². The highest BCUT2D eigenvalue weighted by Gasteiger charge is 2.30. The number of aromatic nitrogens is 2. The zero-order valence-corrected chi connectivity index (χ0v) is 15.5. The van der Waals surface area contributed by atoms with Gasteiger partial charge in [0.2, 0.25) is 5.88 Å². The van der Waals surface area contributed by atoms with Crippen molar-refractivity contribution in [2.75, 3.05) is 24.6 Å². The minimum absolute atomic E-state index is 0.140. The van der Waals surface area contributed by atoms with Crippen LogP contribution in [0.4, 0.5) is 5.82 Å². The molecule has 1 aliphatic heterocycles. The largest absolute Gasteiger partial charge is 0.487 e. The number of carbonyl (C=O) groups is 1. The highest BCUT2D eigenvalue weighted by molar-refractivity contribution is 5.76. The molecule has 0 spiro atoms. The highest BCUT2D eigenvalue weighted by Crippen LogP contribution is 2.26. The maximum atomic E-state index is 11.2. The summed E-state index contributed by atoms with van der Waals surface area (Å²) in [5.41, 5.74) is 1.16. The Hall–Kier alpha value is -2.63. The lowest BCUT2D eigenvalue weighted by atomic mass is 9.96. The first kappa shape index (κ1) is 18.2. The molecule has 1 saturated heterocycles. The molecule has 26 heavy (non-hydrogen) atoms. The van der Waals surface area contributed by atoms with E-state index in [1.54, 1.807) is 6.92 Å². The molecule has 2 aromatic rings. The fraction of sp³-hybridized carbons (Fsp3) is 0.450. The van der Waals surface area contributed by atoms with Crippen molar-refractivity contribution < 1.29 is 14.3 Å². The first-order valence-electron chi connectivity index (χ1n) is 9.01. The number of carbonyl (C=O) groups excluding carboxylic acids is 1. The molecule has 0 amide bonds. The maximum absolute atomic E-state index is 11.2. The van der Waals surface area contributed by atoms with E-state index < -0.39 is 0 Å². The SMILES string of the molecule is CCOc1cc(N2CC(Oc3ccc([C@H](C)CC(C)=O)cc3)C2)ncn1. The predicted octanol–water partition coefficient (Wildman–Crippen LogP) is 3.23. The third-order valence-corrected chi connectivity index (χ3v) is 4.44. The zero-order chi connectivity index (χ0) is 18.5. The molecule has 0 N–H and O–H groups in total. The summed E-state index contributed by atoms with van der Waals surface area (Å²) in [6, 6.07) is 9.89. The zero-order valence-electron chi connectivity index (χ0n) is 15.5. The molecule has 1 atom stereocenters. The lowest BCUT2D eigenvalue weighted by molar-refractivity contribution is -0.117. The third kappa shape index (κ3) is 4.50. The van der Waals surface area contributed by atoms with Crippen LogP contribution in [0.5, 0.6) is 11.6 Å². The molecule has 0 bridgehead atoms. The smallest absolute Gasteiger partial charge is 0.218 e. The van der Waals surface area contributed by atoms with E-state index in [1.165, 1.54) is 6.33 Å². The summed E-state index contributed by atoms with van der Waals surface area (Å²) < 4.78 is 11.4. The van der Waals surface area contributed by atoms with E-state index in [4.69, 9.17) is 9.47 Å². The van der Waals surface area contributed by atoms with Gasteiger partial charge in [0.25, 0.3) is 0 Å². The van der Waals surface area contributed by atoms with E-state index in [9.17, 15) is 4.79 Å². The first-order chi connectivity index (χ1) is 12.5. The molecule has 1 fully saturated rings. The Labute approximate surface area is 154 Å². The van der Waals surface area contributed by atoms with Crippen LogP contribution in [-0.2, 0) is 4.79 Å². The number of hydrogen-bond acceptors (Lipinski definition) is 6. The summed E-state index contributed by atoms with van der Waals surface area (Å²) in [6.45, 7) is 7.78. The van der Waals surface area contributed by atoms with Crippen LogP contribution in [0.3, 0.4) is 0 Å². The molecule has 1 aromatic heterocycles. The standard InChI is InChI=1S/C20H25N3O3/c1-4-25-20-10-19(21-13-22-20)23-11-18(12-23)26-17-7-5-16(6-8-17)14(2)9-15(3)24/h5-8,10,13-14,18H,4,9,11-12H2,1-3H3/t14-/m1/s1. The van der Waals surface area contributed by atoms with E-state index in [2.05, 4.69) is 21.8 Å². The third-order valence-electron chi connectivity index (χ3n) is 4.44. The molecule has 0 saturated carbocycles. The topological polar surface area (TPSA) is 64.6 Å². The van der Waals surface area contributed by atoms with Gasteiger partial charge in [0.1, 0.15) is 29.8 Å². The summed E-state index contributed by atoms with van der Waals surface area (Å²) >= 11 is 0. The Balaban J connectivity index is 1.51. The second-order valence-corrected chi connectivity index (χ2v) is 6.67. The molecule has 6 nitrogen and oxygen atoms in total. The van der Waals surface area contributed by atoms with Crippen LogP contribution in [0.2, 0.25) is 0 Å². The molecule has 0 unspecified atom stereocenters. The molecule has 0 radical (unpaired) electrons. The summed E-state index contributed by atoms with van der Waals surface area (Å²) in [4.78, 5) is 21.8. The Morgan fingerprint density at radius 1 is 1.27 bits per heavy atom. The number of ketones is 1. The molecule has 2 heterocycles. The normalized spacial score (nSPS) is 15.3. The fourth-order valence-corrected chi connectivity index (χ4v) is 3.05. The van der Waals surface area contributed by atoms with Gasteiger partial charge in [-0.2, -0.15) is 0 Å². The molecular formula is C20H25N3O3. The fourth-order valence-electron chi connectivity index (χ4n) is 3.05. The highest BCUT2D eigenvalue weighted by atomic mass is 16.5. The lowest BCUT2D eigenvalue weighted by Crippen LogP contribution is -2.54. The Morgan fingerprint density at radius 3 is 2.65 bits per heavy atom. The summed E-state index contributed by atoms with van der Waals surface area (Å²) in [6.07, 6.45) is 2.23. The number of hydrogen-bond donors (Lipinski definition) is 0. The van der Waals surface area contributed by atoms with Crippen LogP contribution in [0, 0.1) is 0 Å². The Morgan fingerprint density at radius 2 is 2.00 bits per heavy atom. The maximum Gasteiger partial charge on any atom is 0.218 e. The van der Waals surface area contributed by atoms with Crippen molar-refractivity contribution >= 4 is 11.6 Å². The average molecular weight is 355 g/mol. The molecule has 138 valence electrons. The summed E-state index contributed by atoms with van der Waals surface area (Å²) in [5, 5.41) is 0. The van der Waals surface area contributed by atoms with Gasteiger partial charge < -0.3 is 19.2 Å². The van der Waals surface area contributed by atoms with Crippen molar-refractivity contribution in [1.82, 2.24) is 9.97 Å². The van der Waals surface area contributed by atoms with E-state index in [-0.39, 0.29) is 17.8 Å². The predicted molar refractivity (Wildman–Crippen MR) is 100.0 cm³/mol. The quantitative estimate of drug-likeness (QED) is 0.724. The molecule has 6 heteroatoms. The molecule has 1 aromatic carbocycles. The van der Waals surface area contributed by atoms with Crippen molar-refractivity contribution in [3.05, 3.63) is 42.2 Å². The van der Waals surface area contributed by atoms with Gasteiger partial charge in [-0.15, -0.1) is 0 Å². The number of nitrogens with zero attached hydrogens (tertiary/aromatic N) is 3. The lowest BCUT2D eigenvalue weighted by Gasteiger charge is -2.39. The van der Waals surface area contributed by atoms with E-state index in [0.717, 1.165) is 30.2 Å². The molecular weight excluding hydrogens is 330 g/mol. The monoisotopic (exact) mass is 355 g/mol. The van der Waals surface area contributed by atoms with E-state index >= 15 is 0 Å². The van der Waals surface area contributed by atoms with E-state index in [0.29, 0.717) is 18.9 Å².